The van der Waals surface area contributed by atoms with Crippen molar-refractivity contribution in [2.24, 2.45) is 0 Å². The monoisotopic (exact) mass is 262 g/mol. The minimum atomic E-state index is -1.28. The van der Waals surface area contributed by atoms with E-state index in [2.05, 4.69) is 9.97 Å². The van der Waals surface area contributed by atoms with Crippen molar-refractivity contribution in [1.29, 1.82) is 0 Å². The first-order valence-corrected chi connectivity index (χ1v) is 5.54. The van der Waals surface area contributed by atoms with Gasteiger partial charge in [0.15, 0.2) is 5.69 Å². The molecular weight excluding hydrogens is 251 g/mol. The van der Waals surface area contributed by atoms with Crippen LogP contribution in [0.3, 0.4) is 0 Å². The van der Waals surface area contributed by atoms with E-state index in [9.17, 15) is 14.0 Å². The number of benzene rings is 1. The first kappa shape index (κ1) is 12.9. The Morgan fingerprint density at radius 3 is 2.79 bits per heavy atom. The van der Waals surface area contributed by atoms with Gasteiger partial charge in [0.2, 0.25) is 0 Å². The highest BCUT2D eigenvalue weighted by Crippen LogP contribution is 2.11. The lowest BCUT2D eigenvalue weighted by Crippen LogP contribution is -2.16. The Morgan fingerprint density at radius 1 is 1.42 bits per heavy atom. The van der Waals surface area contributed by atoms with Gasteiger partial charge in [-0.1, -0.05) is 12.1 Å². The Labute approximate surface area is 107 Å². The number of halogens is 1. The maximum Gasteiger partial charge on any atom is 0.354 e. The van der Waals surface area contributed by atoms with E-state index in [-0.39, 0.29) is 23.8 Å². The third kappa shape index (κ3) is 3.04. The van der Waals surface area contributed by atoms with Crippen LogP contribution in [0.4, 0.5) is 4.39 Å². The molecule has 0 bridgehead atoms. The molecular formula is C13H11FN2O3. The number of nitrogens with zero attached hydrogens (tertiary/aromatic N) is 1. The van der Waals surface area contributed by atoms with Gasteiger partial charge in [0.05, 0.1) is 0 Å². The molecule has 2 rings (SSSR count). The second kappa shape index (κ2) is 5.01. The smallest absolute Gasteiger partial charge is 0.354 e. The van der Waals surface area contributed by atoms with E-state index in [4.69, 9.17) is 5.11 Å². The predicted molar refractivity (Wildman–Crippen MR) is 65.8 cm³/mol. The van der Waals surface area contributed by atoms with Crippen LogP contribution in [0.25, 0.3) is 0 Å². The maximum atomic E-state index is 13.4. The van der Waals surface area contributed by atoms with E-state index in [0.29, 0.717) is 11.1 Å². The molecule has 0 amide bonds. The number of aryl methyl sites for hydroxylation is 1. The standard InChI is InChI=1S/C13H11FN2O3/c1-7-2-3-8(4-9(7)14)5-11-15-10(13(18)19)6-12(17)16-11/h2-4,6H,5H2,1H3,(H,18,19)(H,15,16,17). The van der Waals surface area contributed by atoms with Gasteiger partial charge >= 0.3 is 5.97 Å². The van der Waals surface area contributed by atoms with Crippen LogP contribution in [0, 0.1) is 12.7 Å². The van der Waals surface area contributed by atoms with Crippen LogP contribution in [0.5, 0.6) is 0 Å². The summed E-state index contributed by atoms with van der Waals surface area (Å²) in [6.45, 7) is 1.64. The minimum absolute atomic E-state index is 0.160. The molecule has 5 nitrogen and oxygen atoms in total. The third-order valence-corrected chi connectivity index (χ3v) is 2.62. The van der Waals surface area contributed by atoms with E-state index < -0.39 is 11.5 Å². The van der Waals surface area contributed by atoms with Gasteiger partial charge in [-0.3, -0.25) is 4.79 Å². The Morgan fingerprint density at radius 2 is 2.16 bits per heavy atom. The zero-order chi connectivity index (χ0) is 14.0. The molecule has 0 spiro atoms. The van der Waals surface area contributed by atoms with Crippen LogP contribution in [-0.2, 0) is 6.42 Å². The Hall–Kier alpha value is -2.50. The van der Waals surface area contributed by atoms with Gasteiger partial charge in [0, 0.05) is 12.5 Å². The van der Waals surface area contributed by atoms with Crippen molar-refractivity contribution >= 4 is 5.97 Å². The lowest BCUT2D eigenvalue weighted by atomic mass is 10.1. The van der Waals surface area contributed by atoms with Gasteiger partial charge in [-0.25, -0.2) is 14.2 Å². The van der Waals surface area contributed by atoms with E-state index in [1.807, 2.05) is 0 Å². The van der Waals surface area contributed by atoms with Crippen molar-refractivity contribution in [3.05, 3.63) is 63.1 Å². The molecule has 1 heterocycles. The highest BCUT2D eigenvalue weighted by atomic mass is 19.1. The Kier molecular flexibility index (Phi) is 3.41. The quantitative estimate of drug-likeness (QED) is 0.878. The summed E-state index contributed by atoms with van der Waals surface area (Å²) in [6, 6.07) is 5.56. The van der Waals surface area contributed by atoms with Crippen molar-refractivity contribution in [3.63, 3.8) is 0 Å². The molecule has 0 atom stereocenters. The average Bonchev–Trinajstić information content (AvgIpc) is 2.33. The summed E-state index contributed by atoms with van der Waals surface area (Å²) >= 11 is 0. The first-order valence-electron chi connectivity index (χ1n) is 5.54. The molecule has 6 heteroatoms. The van der Waals surface area contributed by atoms with Crippen molar-refractivity contribution in [3.8, 4) is 0 Å². The van der Waals surface area contributed by atoms with E-state index >= 15 is 0 Å². The number of carbonyl (C=O) groups is 1. The topological polar surface area (TPSA) is 83.0 Å². The lowest BCUT2D eigenvalue weighted by Gasteiger charge is -2.04. The highest BCUT2D eigenvalue weighted by Gasteiger charge is 2.09. The normalized spacial score (nSPS) is 10.4. The van der Waals surface area contributed by atoms with Crippen LogP contribution >= 0.6 is 0 Å². The molecule has 19 heavy (non-hydrogen) atoms. The number of H-pyrrole nitrogens is 1. The van der Waals surface area contributed by atoms with E-state index in [0.717, 1.165) is 6.07 Å². The van der Waals surface area contributed by atoms with Gasteiger partial charge in [-0.15, -0.1) is 0 Å². The molecule has 0 saturated heterocycles. The van der Waals surface area contributed by atoms with Gasteiger partial charge in [0.25, 0.3) is 5.56 Å². The average molecular weight is 262 g/mol. The number of hydrogen-bond acceptors (Lipinski definition) is 3. The SMILES string of the molecule is Cc1ccc(Cc2nc(C(=O)O)cc(=O)[nH]2)cc1F. The molecule has 98 valence electrons. The number of carboxylic acids is 1. The number of carboxylic acid groups (broad SMARTS) is 1. The van der Waals surface area contributed by atoms with Crippen LogP contribution in [0.2, 0.25) is 0 Å². The molecule has 0 saturated carbocycles. The number of aromatic nitrogens is 2. The third-order valence-electron chi connectivity index (χ3n) is 2.62. The van der Waals surface area contributed by atoms with Gasteiger partial charge in [-0.2, -0.15) is 0 Å². The minimum Gasteiger partial charge on any atom is -0.477 e. The molecule has 0 aliphatic carbocycles. The molecule has 0 aliphatic heterocycles. The summed E-state index contributed by atoms with van der Waals surface area (Å²) in [6.07, 6.45) is 0.160. The fourth-order valence-electron chi connectivity index (χ4n) is 1.64. The highest BCUT2D eigenvalue weighted by molar-refractivity contribution is 5.85. The van der Waals surface area contributed by atoms with Gasteiger partial charge in [-0.05, 0) is 24.1 Å². The van der Waals surface area contributed by atoms with Crippen LogP contribution in [-0.4, -0.2) is 21.0 Å². The fourth-order valence-corrected chi connectivity index (χ4v) is 1.64. The van der Waals surface area contributed by atoms with Gasteiger partial charge in [0.1, 0.15) is 11.6 Å². The molecule has 0 aliphatic rings. The molecule has 1 aromatic carbocycles. The summed E-state index contributed by atoms with van der Waals surface area (Å²) in [5.74, 6) is -1.44. The summed E-state index contributed by atoms with van der Waals surface area (Å²) in [5.41, 5.74) is 0.250. The zero-order valence-electron chi connectivity index (χ0n) is 10.1. The van der Waals surface area contributed by atoms with Crippen molar-refractivity contribution in [2.45, 2.75) is 13.3 Å². The van der Waals surface area contributed by atoms with Crippen molar-refractivity contribution in [1.82, 2.24) is 9.97 Å². The summed E-state index contributed by atoms with van der Waals surface area (Å²) in [4.78, 5) is 28.3. The predicted octanol–water partition coefficient (Wildman–Crippen LogP) is 1.51. The molecule has 1 aromatic heterocycles. The van der Waals surface area contributed by atoms with Crippen molar-refractivity contribution < 1.29 is 14.3 Å². The number of rotatable bonds is 3. The number of aromatic carboxylic acids is 1. The second-order valence-electron chi connectivity index (χ2n) is 4.14. The molecule has 2 N–H and O–H groups in total. The second-order valence-corrected chi connectivity index (χ2v) is 4.14. The summed E-state index contributed by atoms with van der Waals surface area (Å²) in [5, 5.41) is 8.81. The first-order chi connectivity index (χ1) is 8.95. The Bertz CT molecular complexity index is 695. The van der Waals surface area contributed by atoms with Crippen LogP contribution < -0.4 is 5.56 Å². The van der Waals surface area contributed by atoms with Gasteiger partial charge < -0.3 is 10.1 Å². The molecule has 0 radical (unpaired) electrons. The van der Waals surface area contributed by atoms with E-state index in [1.54, 1.807) is 19.1 Å². The number of aromatic amines is 1. The number of nitrogens with one attached hydrogen (secondary N) is 1. The van der Waals surface area contributed by atoms with Crippen LogP contribution in [0.1, 0.15) is 27.4 Å². The molecule has 2 aromatic rings. The Balaban J connectivity index is 2.35. The number of hydrogen-bond donors (Lipinski definition) is 2. The molecule has 0 unspecified atom stereocenters. The zero-order valence-corrected chi connectivity index (χ0v) is 10.1. The fraction of sp³-hybridized carbons (Fsp3) is 0.154. The summed E-state index contributed by atoms with van der Waals surface area (Å²) in [7, 11) is 0. The lowest BCUT2D eigenvalue weighted by molar-refractivity contribution is 0.0689. The largest absolute Gasteiger partial charge is 0.477 e. The maximum absolute atomic E-state index is 13.4. The molecule has 0 fully saturated rings. The van der Waals surface area contributed by atoms with E-state index in [1.165, 1.54) is 6.07 Å². The van der Waals surface area contributed by atoms with Crippen molar-refractivity contribution in [2.75, 3.05) is 0 Å². The van der Waals surface area contributed by atoms with Crippen LogP contribution in [0.15, 0.2) is 29.1 Å². The summed E-state index contributed by atoms with van der Waals surface area (Å²) < 4.78 is 13.4.